The average Bonchev–Trinajstić information content (AvgIpc) is 2.37. The van der Waals surface area contributed by atoms with Crippen molar-refractivity contribution in [3.8, 4) is 0 Å². The maximum absolute atomic E-state index is 13.0. The molecule has 0 aliphatic carbocycles. The van der Waals surface area contributed by atoms with E-state index in [0.717, 1.165) is 31.7 Å². The molecule has 0 amide bonds. The van der Waals surface area contributed by atoms with E-state index in [0.29, 0.717) is 11.6 Å². The lowest BCUT2D eigenvalue weighted by atomic mass is 10.2. The van der Waals surface area contributed by atoms with Crippen LogP contribution in [0.4, 0.5) is 4.39 Å². The smallest absolute Gasteiger partial charge is 0.123 e. The maximum Gasteiger partial charge on any atom is 0.123 e. The number of hydrogen-bond donors (Lipinski definition) is 1. The second-order valence-corrected chi connectivity index (χ2v) is 4.75. The van der Waals surface area contributed by atoms with Gasteiger partial charge in [0.25, 0.3) is 0 Å². The van der Waals surface area contributed by atoms with Gasteiger partial charge < -0.3 is 10.2 Å². The lowest BCUT2D eigenvalue weighted by molar-refractivity contribution is 0.287. The maximum atomic E-state index is 13.0. The van der Waals surface area contributed by atoms with Crippen molar-refractivity contribution in [3.05, 3.63) is 34.6 Å². The summed E-state index contributed by atoms with van der Waals surface area (Å²) >= 11 is 6.00. The zero-order valence-electron chi connectivity index (χ0n) is 11.2. The lowest BCUT2D eigenvalue weighted by Gasteiger charge is -2.19. The fourth-order valence-corrected chi connectivity index (χ4v) is 2.07. The quantitative estimate of drug-likeness (QED) is 0.731. The second-order valence-electron chi connectivity index (χ2n) is 4.35. The number of benzene rings is 1. The van der Waals surface area contributed by atoms with Crippen LogP contribution in [0.1, 0.15) is 25.8 Å². The number of likely N-dealkylation sites (N-methyl/N-ethyl adjacent to an activating group) is 1. The van der Waals surface area contributed by atoms with Crippen molar-refractivity contribution >= 4 is 11.6 Å². The Morgan fingerprint density at radius 1 is 1.28 bits per heavy atom. The highest BCUT2D eigenvalue weighted by molar-refractivity contribution is 6.31. The predicted molar refractivity (Wildman–Crippen MR) is 75.5 cm³/mol. The van der Waals surface area contributed by atoms with Crippen LogP contribution in [0.15, 0.2) is 18.2 Å². The van der Waals surface area contributed by atoms with Gasteiger partial charge in [0, 0.05) is 24.7 Å². The lowest BCUT2D eigenvalue weighted by Crippen LogP contribution is -2.32. The van der Waals surface area contributed by atoms with Crippen molar-refractivity contribution in [1.82, 2.24) is 10.2 Å². The molecule has 0 saturated carbocycles. The van der Waals surface area contributed by atoms with Crippen molar-refractivity contribution in [2.75, 3.05) is 26.2 Å². The topological polar surface area (TPSA) is 15.3 Å². The first-order valence-corrected chi connectivity index (χ1v) is 6.92. The zero-order chi connectivity index (χ0) is 13.4. The van der Waals surface area contributed by atoms with E-state index in [1.54, 1.807) is 6.07 Å². The van der Waals surface area contributed by atoms with E-state index in [1.807, 2.05) is 0 Å². The molecule has 0 heterocycles. The first-order valence-electron chi connectivity index (χ1n) is 6.54. The molecule has 0 radical (unpaired) electrons. The van der Waals surface area contributed by atoms with Gasteiger partial charge >= 0.3 is 0 Å². The van der Waals surface area contributed by atoms with E-state index in [-0.39, 0.29) is 5.82 Å². The molecule has 0 bridgehead atoms. The van der Waals surface area contributed by atoms with Crippen LogP contribution in [-0.2, 0) is 6.54 Å². The molecular weight excluding hydrogens is 251 g/mol. The third-order valence-corrected chi connectivity index (χ3v) is 3.28. The molecular formula is C14H22ClFN2. The first kappa shape index (κ1) is 15.4. The Balaban J connectivity index is 2.31. The fourth-order valence-electron chi connectivity index (χ4n) is 1.88. The summed E-state index contributed by atoms with van der Waals surface area (Å²) in [5.74, 6) is -0.239. The molecule has 0 aromatic heterocycles. The van der Waals surface area contributed by atoms with Gasteiger partial charge in [0.15, 0.2) is 0 Å². The van der Waals surface area contributed by atoms with E-state index in [9.17, 15) is 4.39 Å². The molecule has 0 fully saturated rings. The monoisotopic (exact) mass is 272 g/mol. The Hall–Kier alpha value is -0.640. The summed E-state index contributed by atoms with van der Waals surface area (Å²) in [6.45, 7) is 9.05. The standard InChI is InChI=1S/C14H22ClFN2/c1-3-8-18(4-2)9-7-17-11-12-10-13(16)5-6-14(12)15/h5-6,10,17H,3-4,7-9,11H2,1-2H3. The Morgan fingerprint density at radius 3 is 2.72 bits per heavy atom. The summed E-state index contributed by atoms with van der Waals surface area (Å²) in [5.41, 5.74) is 0.815. The van der Waals surface area contributed by atoms with Gasteiger partial charge in [-0.2, -0.15) is 0 Å². The summed E-state index contributed by atoms with van der Waals surface area (Å²) in [7, 11) is 0. The molecule has 1 aromatic carbocycles. The molecule has 18 heavy (non-hydrogen) atoms. The van der Waals surface area contributed by atoms with E-state index >= 15 is 0 Å². The summed E-state index contributed by atoms with van der Waals surface area (Å²) < 4.78 is 13.0. The van der Waals surface area contributed by atoms with Gasteiger partial charge in [-0.25, -0.2) is 4.39 Å². The van der Waals surface area contributed by atoms with E-state index in [1.165, 1.54) is 18.6 Å². The Kier molecular flexibility index (Phi) is 7.25. The second kappa shape index (κ2) is 8.46. The summed E-state index contributed by atoms with van der Waals surface area (Å²) in [6, 6.07) is 4.47. The SMILES string of the molecule is CCCN(CC)CCNCc1cc(F)ccc1Cl. The van der Waals surface area contributed by atoms with Gasteiger partial charge in [-0.15, -0.1) is 0 Å². The van der Waals surface area contributed by atoms with Crippen molar-refractivity contribution in [2.45, 2.75) is 26.8 Å². The Bertz CT molecular complexity index is 358. The highest BCUT2D eigenvalue weighted by atomic mass is 35.5. The van der Waals surface area contributed by atoms with Gasteiger partial charge in [-0.3, -0.25) is 0 Å². The molecule has 0 atom stereocenters. The molecule has 0 aliphatic heterocycles. The number of nitrogens with zero attached hydrogens (tertiary/aromatic N) is 1. The van der Waals surface area contributed by atoms with Crippen LogP contribution in [-0.4, -0.2) is 31.1 Å². The fraction of sp³-hybridized carbons (Fsp3) is 0.571. The van der Waals surface area contributed by atoms with Gasteiger partial charge in [-0.05, 0) is 43.3 Å². The summed E-state index contributed by atoms with van der Waals surface area (Å²) in [5, 5.41) is 3.92. The number of rotatable bonds is 8. The third kappa shape index (κ3) is 5.34. The highest BCUT2D eigenvalue weighted by Crippen LogP contribution is 2.16. The predicted octanol–water partition coefficient (Wildman–Crippen LogP) is 3.30. The van der Waals surface area contributed by atoms with Crippen molar-refractivity contribution < 1.29 is 4.39 Å². The average molecular weight is 273 g/mol. The van der Waals surface area contributed by atoms with E-state index < -0.39 is 0 Å². The van der Waals surface area contributed by atoms with Crippen molar-refractivity contribution in [3.63, 3.8) is 0 Å². The van der Waals surface area contributed by atoms with Crippen LogP contribution >= 0.6 is 11.6 Å². The molecule has 4 heteroatoms. The molecule has 0 unspecified atom stereocenters. The largest absolute Gasteiger partial charge is 0.311 e. The van der Waals surface area contributed by atoms with Crippen LogP contribution in [0.25, 0.3) is 0 Å². The molecule has 102 valence electrons. The zero-order valence-corrected chi connectivity index (χ0v) is 11.9. The van der Waals surface area contributed by atoms with Crippen LogP contribution < -0.4 is 5.32 Å². The molecule has 0 aliphatic rings. The minimum Gasteiger partial charge on any atom is -0.311 e. The molecule has 1 rings (SSSR count). The van der Waals surface area contributed by atoms with Crippen molar-refractivity contribution in [2.24, 2.45) is 0 Å². The van der Waals surface area contributed by atoms with Crippen LogP contribution in [0.2, 0.25) is 5.02 Å². The molecule has 1 aromatic rings. The molecule has 1 N–H and O–H groups in total. The van der Waals surface area contributed by atoms with Gasteiger partial charge in [-0.1, -0.05) is 25.4 Å². The molecule has 2 nitrogen and oxygen atoms in total. The Morgan fingerprint density at radius 2 is 2.06 bits per heavy atom. The van der Waals surface area contributed by atoms with Crippen LogP contribution in [0.3, 0.4) is 0 Å². The minimum absolute atomic E-state index is 0.239. The van der Waals surface area contributed by atoms with E-state index in [2.05, 4.69) is 24.1 Å². The number of nitrogens with one attached hydrogen (secondary N) is 1. The van der Waals surface area contributed by atoms with E-state index in [4.69, 9.17) is 11.6 Å². The third-order valence-electron chi connectivity index (χ3n) is 2.92. The highest BCUT2D eigenvalue weighted by Gasteiger charge is 2.03. The van der Waals surface area contributed by atoms with Gasteiger partial charge in [0.05, 0.1) is 0 Å². The Labute approximate surface area is 114 Å². The summed E-state index contributed by atoms with van der Waals surface area (Å²) in [6.07, 6.45) is 1.17. The van der Waals surface area contributed by atoms with Crippen molar-refractivity contribution in [1.29, 1.82) is 0 Å². The number of halogens is 2. The molecule has 0 saturated heterocycles. The molecule has 0 spiro atoms. The van der Waals surface area contributed by atoms with Gasteiger partial charge in [0.1, 0.15) is 5.82 Å². The normalized spacial score (nSPS) is 11.2. The minimum atomic E-state index is -0.239. The van der Waals surface area contributed by atoms with Gasteiger partial charge in [0.2, 0.25) is 0 Å². The first-order chi connectivity index (χ1) is 8.67. The van der Waals surface area contributed by atoms with Crippen LogP contribution in [0, 0.1) is 5.82 Å². The number of hydrogen-bond acceptors (Lipinski definition) is 2. The van der Waals surface area contributed by atoms with Crippen LogP contribution in [0.5, 0.6) is 0 Å². The summed E-state index contributed by atoms with van der Waals surface area (Å²) in [4.78, 5) is 2.39.